The van der Waals surface area contributed by atoms with Crippen molar-refractivity contribution >= 4 is 0 Å². The molecule has 1 aromatic carbocycles. The summed E-state index contributed by atoms with van der Waals surface area (Å²) in [5, 5.41) is 0. The van der Waals surface area contributed by atoms with Crippen molar-refractivity contribution in [2.45, 2.75) is 45.6 Å². The Morgan fingerprint density at radius 3 is 2.44 bits per heavy atom. The van der Waals surface area contributed by atoms with Gasteiger partial charge in [0.2, 0.25) is 0 Å². The Morgan fingerprint density at radius 1 is 1.33 bits per heavy atom. The van der Waals surface area contributed by atoms with Crippen molar-refractivity contribution in [2.24, 2.45) is 17.1 Å². The zero-order chi connectivity index (χ0) is 13.3. The Kier molecular flexibility index (Phi) is 3.71. The largest absolute Gasteiger partial charge is 0.327 e. The van der Waals surface area contributed by atoms with Gasteiger partial charge in [-0.3, -0.25) is 0 Å². The van der Waals surface area contributed by atoms with Crippen LogP contribution in [0.15, 0.2) is 18.2 Å². The minimum absolute atomic E-state index is 0.132. The van der Waals surface area contributed by atoms with E-state index in [0.717, 1.165) is 19.3 Å². The molecule has 1 saturated carbocycles. The number of benzene rings is 1. The molecular formula is C15H21F2N. The summed E-state index contributed by atoms with van der Waals surface area (Å²) < 4.78 is 27.2. The van der Waals surface area contributed by atoms with Crippen molar-refractivity contribution in [3.63, 3.8) is 0 Å². The highest BCUT2D eigenvalue weighted by Gasteiger charge is 2.38. The molecule has 0 saturated heterocycles. The maximum absolute atomic E-state index is 13.6. The first-order valence-electron chi connectivity index (χ1n) is 6.60. The topological polar surface area (TPSA) is 26.0 Å². The van der Waals surface area contributed by atoms with E-state index < -0.39 is 11.6 Å². The first kappa shape index (κ1) is 13.5. The van der Waals surface area contributed by atoms with Crippen LogP contribution < -0.4 is 5.73 Å². The van der Waals surface area contributed by atoms with Crippen LogP contribution in [0, 0.1) is 23.0 Å². The van der Waals surface area contributed by atoms with Gasteiger partial charge in [0.1, 0.15) is 11.6 Å². The van der Waals surface area contributed by atoms with Crippen molar-refractivity contribution in [1.29, 1.82) is 0 Å². The SMILES string of the molecule is CC1(C)CCCC1C(N)Cc1c(F)cccc1F. The van der Waals surface area contributed by atoms with Crippen LogP contribution in [0.3, 0.4) is 0 Å². The lowest BCUT2D eigenvalue weighted by Crippen LogP contribution is -2.38. The second-order valence-electron chi connectivity index (χ2n) is 6.06. The van der Waals surface area contributed by atoms with E-state index in [1.165, 1.54) is 18.2 Å². The van der Waals surface area contributed by atoms with Gasteiger partial charge in [0, 0.05) is 11.6 Å². The van der Waals surface area contributed by atoms with E-state index in [1.54, 1.807) is 0 Å². The molecule has 1 aromatic rings. The summed E-state index contributed by atoms with van der Waals surface area (Å²) in [6.07, 6.45) is 3.65. The molecule has 2 unspecified atom stereocenters. The highest BCUT2D eigenvalue weighted by atomic mass is 19.1. The molecule has 1 nitrogen and oxygen atoms in total. The Morgan fingerprint density at radius 2 is 1.94 bits per heavy atom. The molecule has 18 heavy (non-hydrogen) atoms. The third kappa shape index (κ3) is 2.56. The average Bonchev–Trinajstić information content (AvgIpc) is 2.63. The molecular weight excluding hydrogens is 232 g/mol. The maximum atomic E-state index is 13.6. The van der Waals surface area contributed by atoms with Crippen molar-refractivity contribution < 1.29 is 8.78 Å². The lowest BCUT2D eigenvalue weighted by atomic mass is 9.76. The molecule has 0 spiro atoms. The van der Waals surface area contributed by atoms with Crippen molar-refractivity contribution in [2.75, 3.05) is 0 Å². The van der Waals surface area contributed by atoms with Crippen LogP contribution in [0.5, 0.6) is 0 Å². The highest BCUT2D eigenvalue weighted by Crippen LogP contribution is 2.44. The first-order chi connectivity index (χ1) is 8.42. The molecule has 0 bridgehead atoms. The molecule has 1 aliphatic carbocycles. The molecule has 0 amide bonds. The summed E-state index contributed by atoms with van der Waals surface area (Å²) in [7, 11) is 0. The van der Waals surface area contributed by atoms with Gasteiger partial charge in [-0.2, -0.15) is 0 Å². The van der Waals surface area contributed by atoms with Crippen LogP contribution in [0.25, 0.3) is 0 Å². The van der Waals surface area contributed by atoms with Gasteiger partial charge in [-0.25, -0.2) is 8.78 Å². The molecule has 1 aliphatic rings. The summed E-state index contributed by atoms with van der Waals surface area (Å²) in [4.78, 5) is 0. The van der Waals surface area contributed by atoms with Gasteiger partial charge in [0.15, 0.2) is 0 Å². The zero-order valence-corrected chi connectivity index (χ0v) is 11.0. The van der Waals surface area contributed by atoms with Crippen LogP contribution in [0.2, 0.25) is 0 Å². The second-order valence-corrected chi connectivity index (χ2v) is 6.06. The number of rotatable bonds is 3. The molecule has 0 heterocycles. The molecule has 3 heteroatoms. The first-order valence-corrected chi connectivity index (χ1v) is 6.60. The van der Waals surface area contributed by atoms with E-state index in [4.69, 9.17) is 5.73 Å². The predicted octanol–water partition coefficient (Wildman–Crippen LogP) is 3.66. The monoisotopic (exact) mass is 253 g/mol. The van der Waals surface area contributed by atoms with Gasteiger partial charge in [0.05, 0.1) is 0 Å². The van der Waals surface area contributed by atoms with Crippen LogP contribution >= 0.6 is 0 Å². The highest BCUT2D eigenvalue weighted by molar-refractivity contribution is 5.21. The molecule has 0 aliphatic heterocycles. The molecule has 0 aromatic heterocycles. The predicted molar refractivity (Wildman–Crippen MR) is 69.2 cm³/mol. The lowest BCUT2D eigenvalue weighted by molar-refractivity contribution is 0.218. The molecule has 2 atom stereocenters. The third-order valence-corrected chi connectivity index (χ3v) is 4.36. The van der Waals surface area contributed by atoms with Crippen LogP contribution in [-0.4, -0.2) is 6.04 Å². The summed E-state index contributed by atoms with van der Waals surface area (Å²) in [5.41, 5.74) is 6.50. The van der Waals surface area contributed by atoms with Crippen molar-refractivity contribution in [1.82, 2.24) is 0 Å². The maximum Gasteiger partial charge on any atom is 0.129 e. The van der Waals surface area contributed by atoms with Crippen LogP contribution in [0.4, 0.5) is 8.78 Å². The third-order valence-electron chi connectivity index (χ3n) is 4.36. The van der Waals surface area contributed by atoms with Gasteiger partial charge in [-0.1, -0.05) is 26.3 Å². The average molecular weight is 253 g/mol. The van der Waals surface area contributed by atoms with Gasteiger partial charge in [-0.05, 0) is 42.7 Å². The smallest absolute Gasteiger partial charge is 0.129 e. The Bertz CT molecular complexity index is 408. The Balaban J connectivity index is 2.14. The Labute approximate surface area is 107 Å². The zero-order valence-electron chi connectivity index (χ0n) is 11.0. The lowest BCUT2D eigenvalue weighted by Gasteiger charge is -2.32. The van der Waals surface area contributed by atoms with E-state index in [0.29, 0.717) is 5.92 Å². The van der Waals surface area contributed by atoms with Crippen molar-refractivity contribution in [3.8, 4) is 0 Å². The molecule has 2 rings (SSSR count). The fraction of sp³-hybridized carbons (Fsp3) is 0.600. The number of hydrogen-bond donors (Lipinski definition) is 1. The minimum atomic E-state index is -0.485. The summed E-state index contributed by atoms with van der Waals surface area (Å²) in [5.74, 6) is -0.626. The summed E-state index contributed by atoms with van der Waals surface area (Å²) in [6.45, 7) is 4.39. The fourth-order valence-corrected chi connectivity index (χ4v) is 3.25. The molecule has 100 valence electrons. The van der Waals surface area contributed by atoms with Gasteiger partial charge in [0.25, 0.3) is 0 Å². The summed E-state index contributed by atoms with van der Waals surface area (Å²) >= 11 is 0. The number of nitrogens with two attached hydrogens (primary N) is 1. The van der Waals surface area contributed by atoms with E-state index in [1.807, 2.05) is 0 Å². The van der Waals surface area contributed by atoms with Gasteiger partial charge in [-0.15, -0.1) is 0 Å². The van der Waals surface area contributed by atoms with E-state index in [2.05, 4.69) is 13.8 Å². The van der Waals surface area contributed by atoms with Crippen molar-refractivity contribution in [3.05, 3.63) is 35.4 Å². The quantitative estimate of drug-likeness (QED) is 0.874. The van der Waals surface area contributed by atoms with Gasteiger partial charge >= 0.3 is 0 Å². The molecule has 0 radical (unpaired) electrons. The minimum Gasteiger partial charge on any atom is -0.327 e. The second kappa shape index (κ2) is 4.96. The van der Waals surface area contributed by atoms with Crippen LogP contribution in [-0.2, 0) is 6.42 Å². The van der Waals surface area contributed by atoms with Gasteiger partial charge < -0.3 is 5.73 Å². The molecule has 1 fully saturated rings. The standard InChI is InChI=1S/C15H21F2N/c1-15(2)8-4-5-11(15)14(18)9-10-12(16)6-3-7-13(10)17/h3,6-7,11,14H,4-5,8-9,18H2,1-2H3. The van der Waals surface area contributed by atoms with E-state index in [-0.39, 0.29) is 23.4 Å². The van der Waals surface area contributed by atoms with E-state index >= 15 is 0 Å². The van der Waals surface area contributed by atoms with E-state index in [9.17, 15) is 8.78 Å². The number of halogens is 2. The molecule has 2 N–H and O–H groups in total. The summed E-state index contributed by atoms with van der Waals surface area (Å²) in [6, 6.07) is 3.81. The van der Waals surface area contributed by atoms with Crippen LogP contribution in [0.1, 0.15) is 38.7 Å². The Hall–Kier alpha value is -0.960. The normalized spacial score (nSPS) is 24.2. The fourth-order valence-electron chi connectivity index (χ4n) is 3.25. The number of hydrogen-bond acceptors (Lipinski definition) is 1.